The smallest absolute Gasteiger partial charge is 0.0309 e. The van der Waals surface area contributed by atoms with E-state index in [9.17, 15) is 0 Å². The normalized spacial score (nSPS) is 30.9. The van der Waals surface area contributed by atoms with Crippen LogP contribution in [0.3, 0.4) is 0 Å². The predicted molar refractivity (Wildman–Crippen MR) is 77.8 cm³/mol. The minimum absolute atomic E-state index is 0.471. The molecule has 0 radical (unpaired) electrons. The van der Waals surface area contributed by atoms with Gasteiger partial charge in [-0.1, -0.05) is 19.8 Å². The monoisotopic (exact) mass is 256 g/mol. The second-order valence-corrected chi connectivity index (χ2v) is 6.82. The third-order valence-corrected chi connectivity index (χ3v) is 5.49. The van der Waals surface area contributed by atoms with E-state index in [2.05, 4.69) is 30.3 Å². The molecule has 2 atom stereocenters. The van der Waals surface area contributed by atoms with E-state index in [-0.39, 0.29) is 0 Å². The molecule has 0 aromatic heterocycles. The molecule has 0 aromatic carbocycles. The maximum Gasteiger partial charge on any atom is 0.0309 e. The summed E-state index contributed by atoms with van der Waals surface area (Å²) in [6.45, 7) is 7.23. The summed E-state index contributed by atoms with van der Waals surface area (Å²) in [7, 11) is 0. The van der Waals surface area contributed by atoms with Gasteiger partial charge in [-0.2, -0.15) is 11.8 Å². The Morgan fingerprint density at radius 3 is 2.71 bits per heavy atom. The number of nitrogens with zero attached hydrogens (tertiary/aromatic N) is 1. The highest BCUT2D eigenvalue weighted by molar-refractivity contribution is 7.98. The van der Waals surface area contributed by atoms with Crippen molar-refractivity contribution in [1.82, 2.24) is 10.2 Å². The Labute approximate surface area is 111 Å². The fourth-order valence-electron chi connectivity index (χ4n) is 3.60. The van der Waals surface area contributed by atoms with Crippen LogP contribution in [0, 0.1) is 0 Å². The van der Waals surface area contributed by atoms with Gasteiger partial charge in [-0.25, -0.2) is 0 Å². The van der Waals surface area contributed by atoms with Crippen LogP contribution in [-0.2, 0) is 0 Å². The first-order chi connectivity index (χ1) is 8.21. The summed E-state index contributed by atoms with van der Waals surface area (Å²) >= 11 is 1.98. The van der Waals surface area contributed by atoms with Crippen molar-refractivity contribution < 1.29 is 0 Å². The molecule has 2 unspecified atom stereocenters. The fourth-order valence-corrected chi connectivity index (χ4v) is 4.28. The summed E-state index contributed by atoms with van der Waals surface area (Å²) in [5, 5.41) is 3.87. The Morgan fingerprint density at radius 2 is 2.12 bits per heavy atom. The summed E-state index contributed by atoms with van der Waals surface area (Å²) in [5.74, 6) is 1.27. The van der Waals surface area contributed by atoms with Crippen LogP contribution in [0.4, 0.5) is 0 Å². The molecule has 100 valence electrons. The van der Waals surface area contributed by atoms with Crippen molar-refractivity contribution in [2.75, 3.05) is 25.1 Å². The summed E-state index contributed by atoms with van der Waals surface area (Å²) < 4.78 is 0. The number of piperazine rings is 1. The highest BCUT2D eigenvalue weighted by Crippen LogP contribution is 2.34. The molecule has 1 aliphatic carbocycles. The van der Waals surface area contributed by atoms with Crippen LogP contribution in [-0.4, -0.2) is 47.6 Å². The van der Waals surface area contributed by atoms with Crippen molar-refractivity contribution in [3.8, 4) is 0 Å². The minimum atomic E-state index is 0.471. The summed E-state index contributed by atoms with van der Waals surface area (Å²) in [6.07, 6.45) is 9.15. The largest absolute Gasteiger partial charge is 0.308 e. The van der Waals surface area contributed by atoms with Crippen molar-refractivity contribution in [2.45, 2.75) is 63.6 Å². The van der Waals surface area contributed by atoms with E-state index < -0.39 is 0 Å². The van der Waals surface area contributed by atoms with Gasteiger partial charge in [-0.15, -0.1) is 0 Å². The highest BCUT2D eigenvalue weighted by atomic mass is 32.2. The molecule has 1 saturated heterocycles. The number of hydrogen-bond acceptors (Lipinski definition) is 3. The van der Waals surface area contributed by atoms with Crippen LogP contribution in [0.5, 0.6) is 0 Å². The lowest BCUT2D eigenvalue weighted by Gasteiger charge is -2.48. The van der Waals surface area contributed by atoms with E-state index in [0.29, 0.717) is 5.54 Å². The molecule has 0 amide bonds. The zero-order valence-electron chi connectivity index (χ0n) is 11.7. The molecule has 0 bridgehead atoms. The standard InChI is InChI=1S/C14H28N2S/c1-4-13-9-15-14(7-5-6-8-14)11-16(13)12(2)10-17-3/h12-13,15H,4-11H2,1-3H3. The van der Waals surface area contributed by atoms with Gasteiger partial charge in [0.05, 0.1) is 0 Å². The Morgan fingerprint density at radius 1 is 1.41 bits per heavy atom. The summed E-state index contributed by atoms with van der Waals surface area (Å²) in [6, 6.07) is 1.48. The topological polar surface area (TPSA) is 15.3 Å². The molecule has 3 heteroatoms. The van der Waals surface area contributed by atoms with E-state index in [0.717, 1.165) is 12.1 Å². The van der Waals surface area contributed by atoms with Gasteiger partial charge >= 0.3 is 0 Å². The van der Waals surface area contributed by atoms with E-state index >= 15 is 0 Å². The van der Waals surface area contributed by atoms with Crippen LogP contribution in [0.15, 0.2) is 0 Å². The van der Waals surface area contributed by atoms with Crippen molar-refractivity contribution >= 4 is 11.8 Å². The first kappa shape index (κ1) is 13.7. The molecule has 0 aromatic rings. The van der Waals surface area contributed by atoms with Crippen LogP contribution >= 0.6 is 11.8 Å². The molecule has 1 aliphatic heterocycles. The van der Waals surface area contributed by atoms with Crippen LogP contribution in [0.25, 0.3) is 0 Å². The molecule has 17 heavy (non-hydrogen) atoms. The minimum Gasteiger partial charge on any atom is -0.308 e. The lowest BCUT2D eigenvalue weighted by Crippen LogP contribution is -2.65. The van der Waals surface area contributed by atoms with Crippen LogP contribution in [0.2, 0.25) is 0 Å². The van der Waals surface area contributed by atoms with E-state index in [1.165, 1.54) is 50.9 Å². The molecular weight excluding hydrogens is 228 g/mol. The lowest BCUT2D eigenvalue weighted by atomic mass is 9.91. The van der Waals surface area contributed by atoms with Crippen molar-refractivity contribution in [3.63, 3.8) is 0 Å². The van der Waals surface area contributed by atoms with Gasteiger partial charge in [0.15, 0.2) is 0 Å². The molecular formula is C14H28N2S. The molecule has 1 spiro atoms. The Balaban J connectivity index is 2.02. The average molecular weight is 256 g/mol. The highest BCUT2D eigenvalue weighted by Gasteiger charge is 2.41. The van der Waals surface area contributed by atoms with Crippen molar-refractivity contribution in [1.29, 1.82) is 0 Å². The number of hydrogen-bond donors (Lipinski definition) is 1. The third kappa shape index (κ3) is 2.99. The van der Waals surface area contributed by atoms with Gasteiger partial charge in [-0.05, 0) is 32.4 Å². The maximum absolute atomic E-state index is 3.87. The molecule has 2 fully saturated rings. The van der Waals surface area contributed by atoms with Crippen molar-refractivity contribution in [2.24, 2.45) is 0 Å². The summed E-state index contributed by atoms with van der Waals surface area (Å²) in [4.78, 5) is 2.79. The number of thioether (sulfide) groups is 1. The average Bonchev–Trinajstić information content (AvgIpc) is 2.78. The summed E-state index contributed by atoms with van der Waals surface area (Å²) in [5.41, 5.74) is 0.471. The van der Waals surface area contributed by atoms with Crippen molar-refractivity contribution in [3.05, 3.63) is 0 Å². The van der Waals surface area contributed by atoms with Gasteiger partial charge in [0, 0.05) is 36.5 Å². The number of rotatable bonds is 4. The molecule has 1 saturated carbocycles. The predicted octanol–water partition coefficient (Wildman–Crippen LogP) is 2.73. The van der Waals surface area contributed by atoms with Gasteiger partial charge in [0.25, 0.3) is 0 Å². The second-order valence-electron chi connectivity index (χ2n) is 5.91. The quantitative estimate of drug-likeness (QED) is 0.832. The Bertz CT molecular complexity index is 238. The van der Waals surface area contributed by atoms with Crippen LogP contribution < -0.4 is 5.32 Å². The first-order valence-corrected chi connectivity index (χ1v) is 8.60. The van der Waals surface area contributed by atoms with Crippen LogP contribution in [0.1, 0.15) is 46.0 Å². The molecule has 1 N–H and O–H groups in total. The molecule has 2 aliphatic rings. The van der Waals surface area contributed by atoms with E-state index in [1.807, 2.05) is 11.8 Å². The number of nitrogens with one attached hydrogen (secondary N) is 1. The van der Waals surface area contributed by atoms with E-state index in [1.54, 1.807) is 0 Å². The third-order valence-electron chi connectivity index (χ3n) is 4.67. The Hall–Kier alpha value is 0.270. The SMILES string of the molecule is CCC1CNC2(CCCC2)CN1C(C)CSC. The Kier molecular flexibility index (Phi) is 4.79. The van der Waals surface area contributed by atoms with Gasteiger partial charge in [0.1, 0.15) is 0 Å². The molecule has 2 nitrogen and oxygen atoms in total. The van der Waals surface area contributed by atoms with E-state index in [4.69, 9.17) is 0 Å². The van der Waals surface area contributed by atoms with Gasteiger partial charge in [-0.3, -0.25) is 4.90 Å². The second kappa shape index (κ2) is 5.94. The fraction of sp³-hybridized carbons (Fsp3) is 1.00. The first-order valence-electron chi connectivity index (χ1n) is 7.20. The molecule has 1 heterocycles. The maximum atomic E-state index is 3.87. The molecule has 2 rings (SSSR count). The van der Waals surface area contributed by atoms with Gasteiger partial charge in [0.2, 0.25) is 0 Å². The lowest BCUT2D eigenvalue weighted by molar-refractivity contribution is 0.0543. The van der Waals surface area contributed by atoms with Gasteiger partial charge < -0.3 is 5.32 Å². The zero-order chi connectivity index (χ0) is 12.3. The zero-order valence-corrected chi connectivity index (χ0v) is 12.5.